The molecule has 0 spiro atoms. The molecule has 2 aromatic heterocycles. The van der Waals surface area contributed by atoms with Crippen molar-refractivity contribution in [3.8, 4) is 0 Å². The number of rotatable bonds is 4. The van der Waals surface area contributed by atoms with Gasteiger partial charge in [0.2, 0.25) is 10.0 Å². The number of piperidine rings is 1. The van der Waals surface area contributed by atoms with E-state index < -0.39 is 21.8 Å². The van der Waals surface area contributed by atoms with Gasteiger partial charge in [-0.2, -0.15) is 4.31 Å². The Morgan fingerprint density at radius 1 is 0.929 bits per heavy atom. The molecule has 1 saturated heterocycles. The first-order valence-electron chi connectivity index (χ1n) is 8.79. The lowest BCUT2D eigenvalue weighted by Gasteiger charge is -2.25. The maximum atomic E-state index is 12.8. The van der Waals surface area contributed by atoms with Crippen molar-refractivity contribution in [2.45, 2.75) is 24.2 Å². The van der Waals surface area contributed by atoms with Crippen molar-refractivity contribution < 1.29 is 18.0 Å². The van der Waals surface area contributed by atoms with Crippen molar-refractivity contribution >= 4 is 37.8 Å². The summed E-state index contributed by atoms with van der Waals surface area (Å²) in [6, 6.07) is 2.94. The Bertz CT molecular complexity index is 1000. The molecule has 1 fully saturated rings. The second-order valence-electron chi connectivity index (χ2n) is 6.70. The van der Waals surface area contributed by atoms with Gasteiger partial charge in [0.25, 0.3) is 11.8 Å². The molecule has 9 nitrogen and oxygen atoms in total. The summed E-state index contributed by atoms with van der Waals surface area (Å²) in [5, 5.41) is 0. The Hall–Kier alpha value is -2.11. The van der Waals surface area contributed by atoms with E-state index in [4.69, 9.17) is 0 Å². The van der Waals surface area contributed by atoms with Crippen LogP contribution in [0.5, 0.6) is 0 Å². The first kappa shape index (κ1) is 20.6. The molecule has 3 heterocycles. The maximum absolute atomic E-state index is 12.8. The molecule has 2 aromatic rings. The molecule has 2 N–H and O–H groups in total. The number of aromatic nitrogens is 2. The molecule has 0 saturated carbocycles. The fourth-order valence-electron chi connectivity index (χ4n) is 3.15. The SMILES string of the molecule is Cn1cc(Br)cc1C(=O)NNC(=O)c1cc(S(=O)(=O)N2CCCCC2)cn1C. The Morgan fingerprint density at radius 3 is 2.00 bits per heavy atom. The summed E-state index contributed by atoms with van der Waals surface area (Å²) < 4.78 is 30.8. The van der Waals surface area contributed by atoms with Crippen LogP contribution < -0.4 is 10.9 Å². The van der Waals surface area contributed by atoms with Gasteiger partial charge in [0.05, 0.1) is 0 Å². The van der Waals surface area contributed by atoms with Gasteiger partial charge in [0.1, 0.15) is 16.3 Å². The van der Waals surface area contributed by atoms with E-state index in [1.165, 1.54) is 21.1 Å². The summed E-state index contributed by atoms with van der Waals surface area (Å²) in [5.74, 6) is -1.10. The summed E-state index contributed by atoms with van der Waals surface area (Å²) in [7, 11) is -0.349. The van der Waals surface area contributed by atoms with Gasteiger partial charge in [-0.3, -0.25) is 20.4 Å². The highest BCUT2D eigenvalue weighted by molar-refractivity contribution is 9.10. The molecular formula is C17H22BrN5O4S. The lowest BCUT2D eigenvalue weighted by Crippen LogP contribution is -2.42. The average molecular weight is 472 g/mol. The Kier molecular flexibility index (Phi) is 5.96. The molecule has 1 aliphatic heterocycles. The van der Waals surface area contributed by atoms with Crippen LogP contribution in [0.3, 0.4) is 0 Å². The van der Waals surface area contributed by atoms with Crippen molar-refractivity contribution in [1.82, 2.24) is 24.3 Å². The zero-order valence-corrected chi connectivity index (χ0v) is 18.0. The third kappa shape index (κ3) is 4.15. The maximum Gasteiger partial charge on any atom is 0.286 e. The largest absolute Gasteiger partial charge is 0.345 e. The summed E-state index contributed by atoms with van der Waals surface area (Å²) >= 11 is 3.28. The van der Waals surface area contributed by atoms with Gasteiger partial charge in [-0.25, -0.2) is 8.42 Å². The number of aryl methyl sites for hydroxylation is 2. The summed E-state index contributed by atoms with van der Waals surface area (Å²) in [5.41, 5.74) is 5.14. The van der Waals surface area contributed by atoms with Gasteiger partial charge in [-0.1, -0.05) is 6.42 Å². The van der Waals surface area contributed by atoms with Crippen molar-refractivity contribution in [2.24, 2.45) is 14.1 Å². The highest BCUT2D eigenvalue weighted by atomic mass is 79.9. The molecule has 11 heteroatoms. The molecule has 0 radical (unpaired) electrons. The Balaban J connectivity index is 1.71. The van der Waals surface area contributed by atoms with E-state index >= 15 is 0 Å². The van der Waals surface area contributed by atoms with Crippen LogP contribution in [0.4, 0.5) is 0 Å². The van der Waals surface area contributed by atoms with Crippen molar-refractivity contribution in [1.29, 1.82) is 0 Å². The molecule has 152 valence electrons. The minimum Gasteiger partial charge on any atom is -0.345 e. The molecule has 0 aliphatic carbocycles. The first-order valence-corrected chi connectivity index (χ1v) is 11.0. The number of hydrogen-bond acceptors (Lipinski definition) is 4. The lowest BCUT2D eigenvalue weighted by molar-refractivity contribution is 0.0837. The van der Waals surface area contributed by atoms with E-state index in [1.54, 1.807) is 30.9 Å². The number of nitrogens with one attached hydrogen (secondary N) is 2. The fourth-order valence-corrected chi connectivity index (χ4v) is 5.26. The minimum absolute atomic E-state index is 0.0692. The number of sulfonamides is 1. The van der Waals surface area contributed by atoms with Gasteiger partial charge in [0.15, 0.2) is 0 Å². The number of carbonyl (C=O) groups excluding carboxylic acids is 2. The zero-order chi connectivity index (χ0) is 20.5. The number of carbonyl (C=O) groups is 2. The van der Waals surface area contributed by atoms with Crippen LogP contribution >= 0.6 is 15.9 Å². The second-order valence-corrected chi connectivity index (χ2v) is 9.55. The Labute approximate surface area is 171 Å². The summed E-state index contributed by atoms with van der Waals surface area (Å²) in [6.45, 7) is 0.974. The zero-order valence-electron chi connectivity index (χ0n) is 15.6. The van der Waals surface area contributed by atoms with Gasteiger partial charge < -0.3 is 9.13 Å². The van der Waals surface area contributed by atoms with E-state index in [9.17, 15) is 18.0 Å². The van der Waals surface area contributed by atoms with Crippen LogP contribution in [0.1, 0.15) is 40.2 Å². The molecule has 1 aliphatic rings. The predicted molar refractivity (Wildman–Crippen MR) is 106 cm³/mol. The first-order chi connectivity index (χ1) is 13.2. The smallest absolute Gasteiger partial charge is 0.286 e. The van der Waals surface area contributed by atoms with E-state index in [0.717, 1.165) is 23.7 Å². The van der Waals surface area contributed by atoms with E-state index in [2.05, 4.69) is 26.8 Å². The number of hydrogen-bond donors (Lipinski definition) is 2. The van der Waals surface area contributed by atoms with Crippen molar-refractivity contribution in [3.63, 3.8) is 0 Å². The standard InChI is InChI=1S/C17H22BrN5O4S/c1-21-10-12(18)8-14(21)16(24)19-20-17(25)15-9-13(11-22(15)2)28(26,27)23-6-4-3-5-7-23/h8-11H,3-7H2,1-2H3,(H,19,24)(H,20,25). The van der Waals surface area contributed by atoms with Gasteiger partial charge >= 0.3 is 0 Å². The number of halogens is 1. The fraction of sp³-hybridized carbons (Fsp3) is 0.412. The monoisotopic (exact) mass is 471 g/mol. The number of nitrogens with zero attached hydrogens (tertiary/aromatic N) is 3. The number of amides is 2. The molecule has 0 unspecified atom stereocenters. The third-order valence-corrected chi connectivity index (χ3v) is 6.96. The van der Waals surface area contributed by atoms with Crippen LogP contribution in [0.25, 0.3) is 0 Å². The summed E-state index contributed by atoms with van der Waals surface area (Å²) in [4.78, 5) is 24.7. The van der Waals surface area contributed by atoms with Crippen LogP contribution in [-0.2, 0) is 24.1 Å². The topological polar surface area (TPSA) is 105 Å². The van der Waals surface area contributed by atoms with E-state index in [1.807, 2.05) is 0 Å². The van der Waals surface area contributed by atoms with Crippen molar-refractivity contribution in [3.05, 3.63) is 40.4 Å². The molecule has 0 bridgehead atoms. The third-order valence-electron chi connectivity index (χ3n) is 4.66. The highest BCUT2D eigenvalue weighted by Gasteiger charge is 2.28. The molecule has 0 atom stereocenters. The van der Waals surface area contributed by atoms with Crippen LogP contribution in [-0.4, -0.2) is 46.8 Å². The molecule has 3 rings (SSSR count). The summed E-state index contributed by atoms with van der Waals surface area (Å²) in [6.07, 6.45) is 5.81. The van der Waals surface area contributed by atoms with Gasteiger partial charge in [-0.15, -0.1) is 0 Å². The lowest BCUT2D eigenvalue weighted by atomic mass is 10.2. The second kappa shape index (κ2) is 8.10. The predicted octanol–water partition coefficient (Wildman–Crippen LogP) is 1.38. The van der Waals surface area contributed by atoms with Crippen LogP contribution in [0.15, 0.2) is 33.9 Å². The van der Waals surface area contributed by atoms with Gasteiger partial charge in [0, 0.05) is 44.1 Å². The molecule has 0 aromatic carbocycles. The molecule has 28 heavy (non-hydrogen) atoms. The molecular weight excluding hydrogens is 450 g/mol. The Morgan fingerprint density at radius 2 is 1.46 bits per heavy atom. The van der Waals surface area contributed by atoms with E-state index in [-0.39, 0.29) is 10.6 Å². The normalized spacial score (nSPS) is 15.4. The van der Waals surface area contributed by atoms with Crippen LogP contribution in [0, 0.1) is 0 Å². The number of hydrazine groups is 1. The van der Waals surface area contributed by atoms with E-state index in [0.29, 0.717) is 18.8 Å². The molecule has 2 amide bonds. The van der Waals surface area contributed by atoms with Crippen molar-refractivity contribution in [2.75, 3.05) is 13.1 Å². The highest BCUT2D eigenvalue weighted by Crippen LogP contribution is 2.22. The van der Waals surface area contributed by atoms with Gasteiger partial charge in [-0.05, 0) is 40.9 Å². The quantitative estimate of drug-likeness (QED) is 0.656. The minimum atomic E-state index is -3.64. The van der Waals surface area contributed by atoms with Crippen LogP contribution in [0.2, 0.25) is 0 Å². The average Bonchev–Trinajstić information content (AvgIpc) is 3.22.